The second kappa shape index (κ2) is 3.48. The van der Waals surface area contributed by atoms with Gasteiger partial charge < -0.3 is 10.5 Å². The summed E-state index contributed by atoms with van der Waals surface area (Å²) < 4.78 is 7.21. The van der Waals surface area contributed by atoms with Crippen LogP contribution in [0.4, 0.5) is 5.95 Å². The number of para-hydroxylation sites is 1. The van der Waals surface area contributed by atoms with Gasteiger partial charge in [0.2, 0.25) is 5.95 Å². The minimum Gasteiger partial charge on any atom is -0.493 e. The molecule has 0 fully saturated rings. The first-order chi connectivity index (χ1) is 7.86. The lowest BCUT2D eigenvalue weighted by Gasteiger charge is -2.25. The van der Waals surface area contributed by atoms with Gasteiger partial charge in [0, 0.05) is 12.0 Å². The SMILES string of the molecule is Nc1nnnn1C1CCOc2ccccc21. The molecule has 3 rings (SSSR count). The van der Waals surface area contributed by atoms with Crippen LogP contribution < -0.4 is 10.5 Å². The van der Waals surface area contributed by atoms with Crippen LogP contribution in [0.15, 0.2) is 24.3 Å². The van der Waals surface area contributed by atoms with E-state index in [-0.39, 0.29) is 6.04 Å². The second-order valence-corrected chi connectivity index (χ2v) is 3.67. The molecule has 0 radical (unpaired) electrons. The summed E-state index contributed by atoms with van der Waals surface area (Å²) in [5.41, 5.74) is 6.79. The van der Waals surface area contributed by atoms with Crippen molar-refractivity contribution in [2.45, 2.75) is 12.5 Å². The number of hydrogen-bond donors (Lipinski definition) is 1. The summed E-state index contributed by atoms with van der Waals surface area (Å²) in [7, 11) is 0. The first-order valence-corrected chi connectivity index (χ1v) is 5.11. The molecule has 6 heteroatoms. The molecule has 1 aromatic heterocycles. The molecule has 0 saturated heterocycles. The molecule has 2 N–H and O–H groups in total. The monoisotopic (exact) mass is 217 g/mol. The van der Waals surface area contributed by atoms with E-state index in [0.717, 1.165) is 17.7 Å². The Kier molecular flexibility index (Phi) is 1.99. The molecule has 0 spiro atoms. The number of hydrogen-bond acceptors (Lipinski definition) is 5. The summed E-state index contributed by atoms with van der Waals surface area (Å²) in [6, 6.07) is 7.95. The fraction of sp³-hybridized carbons (Fsp3) is 0.300. The summed E-state index contributed by atoms with van der Waals surface area (Å²) in [5, 5.41) is 11.2. The second-order valence-electron chi connectivity index (χ2n) is 3.67. The minimum atomic E-state index is 0.0694. The fourth-order valence-electron chi connectivity index (χ4n) is 2.00. The largest absolute Gasteiger partial charge is 0.493 e. The third-order valence-corrected chi connectivity index (χ3v) is 2.74. The number of nitrogens with two attached hydrogens (primary N) is 1. The van der Waals surface area contributed by atoms with Crippen molar-refractivity contribution in [2.75, 3.05) is 12.3 Å². The summed E-state index contributed by atoms with van der Waals surface area (Å²) in [6.45, 7) is 0.654. The van der Waals surface area contributed by atoms with Gasteiger partial charge in [-0.1, -0.05) is 23.3 Å². The Morgan fingerprint density at radius 3 is 3.06 bits per heavy atom. The van der Waals surface area contributed by atoms with Gasteiger partial charge in [0.1, 0.15) is 5.75 Å². The molecule has 2 aromatic rings. The lowest BCUT2D eigenvalue weighted by atomic mass is 10.0. The maximum Gasteiger partial charge on any atom is 0.240 e. The number of benzene rings is 1. The Morgan fingerprint density at radius 2 is 2.25 bits per heavy atom. The summed E-state index contributed by atoms with van der Waals surface area (Å²) in [6.07, 6.45) is 0.826. The van der Waals surface area contributed by atoms with Crippen LogP contribution in [0.25, 0.3) is 0 Å². The van der Waals surface area contributed by atoms with Crippen molar-refractivity contribution in [3.05, 3.63) is 29.8 Å². The zero-order valence-electron chi connectivity index (χ0n) is 8.58. The lowest BCUT2D eigenvalue weighted by molar-refractivity contribution is 0.250. The number of rotatable bonds is 1. The van der Waals surface area contributed by atoms with E-state index in [0.29, 0.717) is 12.6 Å². The van der Waals surface area contributed by atoms with Crippen LogP contribution >= 0.6 is 0 Å². The molecular weight excluding hydrogens is 206 g/mol. The van der Waals surface area contributed by atoms with E-state index in [9.17, 15) is 0 Å². The van der Waals surface area contributed by atoms with Gasteiger partial charge in [-0.05, 0) is 16.5 Å². The van der Waals surface area contributed by atoms with Gasteiger partial charge in [-0.15, -0.1) is 0 Å². The molecule has 0 bridgehead atoms. The third kappa shape index (κ3) is 1.30. The molecule has 1 aromatic carbocycles. The van der Waals surface area contributed by atoms with E-state index >= 15 is 0 Å². The molecule has 0 aliphatic carbocycles. The standard InChI is InChI=1S/C10H11N5O/c11-10-12-13-14-15(10)8-5-6-16-9-4-2-1-3-7(8)9/h1-4,8H,5-6H2,(H2,11,12,14). The van der Waals surface area contributed by atoms with Crippen molar-refractivity contribution in [1.29, 1.82) is 0 Å². The normalized spacial score (nSPS) is 18.9. The van der Waals surface area contributed by atoms with Crippen LogP contribution in [0.3, 0.4) is 0 Å². The predicted octanol–water partition coefficient (Wildman–Crippen LogP) is 0.627. The minimum absolute atomic E-state index is 0.0694. The van der Waals surface area contributed by atoms with Crippen molar-refractivity contribution < 1.29 is 4.74 Å². The van der Waals surface area contributed by atoms with Crippen LogP contribution in [0.2, 0.25) is 0 Å². The Hall–Kier alpha value is -2.11. The molecule has 1 aliphatic heterocycles. The number of tetrazole rings is 1. The van der Waals surface area contributed by atoms with Crippen molar-refractivity contribution >= 4 is 5.95 Å². The molecule has 82 valence electrons. The first-order valence-electron chi connectivity index (χ1n) is 5.11. The van der Waals surface area contributed by atoms with Gasteiger partial charge in [0.15, 0.2) is 0 Å². The molecule has 1 unspecified atom stereocenters. The molecule has 16 heavy (non-hydrogen) atoms. The number of nitrogens with zero attached hydrogens (tertiary/aromatic N) is 4. The highest BCUT2D eigenvalue weighted by atomic mass is 16.5. The van der Waals surface area contributed by atoms with Crippen molar-refractivity contribution in [2.24, 2.45) is 0 Å². The predicted molar refractivity (Wildman–Crippen MR) is 56.9 cm³/mol. The van der Waals surface area contributed by atoms with Crippen molar-refractivity contribution in [3.8, 4) is 5.75 Å². The van der Waals surface area contributed by atoms with Crippen molar-refractivity contribution in [3.63, 3.8) is 0 Å². The smallest absolute Gasteiger partial charge is 0.240 e. The summed E-state index contributed by atoms with van der Waals surface area (Å²) in [5.74, 6) is 1.22. The van der Waals surface area contributed by atoms with E-state index in [1.807, 2.05) is 24.3 Å². The van der Waals surface area contributed by atoms with Gasteiger partial charge in [-0.25, -0.2) is 4.68 Å². The highest BCUT2D eigenvalue weighted by molar-refractivity contribution is 5.38. The van der Waals surface area contributed by atoms with E-state index in [1.165, 1.54) is 0 Å². The Labute approximate surface area is 92.0 Å². The quantitative estimate of drug-likeness (QED) is 0.757. The molecule has 1 atom stereocenters. The van der Waals surface area contributed by atoms with Crippen LogP contribution in [-0.2, 0) is 0 Å². The zero-order valence-corrected chi connectivity index (χ0v) is 8.58. The Balaban J connectivity index is 2.08. The van der Waals surface area contributed by atoms with Gasteiger partial charge in [0.25, 0.3) is 0 Å². The molecule has 1 aliphatic rings. The third-order valence-electron chi connectivity index (χ3n) is 2.74. The lowest BCUT2D eigenvalue weighted by Crippen LogP contribution is -2.22. The van der Waals surface area contributed by atoms with Crippen LogP contribution in [0.5, 0.6) is 5.75 Å². The van der Waals surface area contributed by atoms with Gasteiger partial charge in [0.05, 0.1) is 12.6 Å². The number of ether oxygens (including phenoxy) is 1. The number of nitrogen functional groups attached to an aromatic ring is 1. The van der Waals surface area contributed by atoms with E-state index in [2.05, 4.69) is 15.5 Å². The molecule has 0 saturated carbocycles. The van der Waals surface area contributed by atoms with Crippen molar-refractivity contribution in [1.82, 2.24) is 20.2 Å². The zero-order chi connectivity index (χ0) is 11.0. The number of anilines is 1. The van der Waals surface area contributed by atoms with Crippen LogP contribution in [0.1, 0.15) is 18.0 Å². The van der Waals surface area contributed by atoms with E-state index in [1.54, 1.807) is 4.68 Å². The number of fused-ring (bicyclic) bond motifs is 1. The van der Waals surface area contributed by atoms with E-state index in [4.69, 9.17) is 10.5 Å². The molecule has 6 nitrogen and oxygen atoms in total. The average Bonchev–Trinajstić information content (AvgIpc) is 2.75. The maximum absolute atomic E-state index is 5.71. The van der Waals surface area contributed by atoms with Gasteiger partial charge >= 0.3 is 0 Å². The van der Waals surface area contributed by atoms with Crippen LogP contribution in [-0.4, -0.2) is 26.8 Å². The summed E-state index contributed by atoms with van der Waals surface area (Å²) >= 11 is 0. The summed E-state index contributed by atoms with van der Waals surface area (Å²) in [4.78, 5) is 0. The maximum atomic E-state index is 5.71. The Bertz CT molecular complexity index is 509. The van der Waals surface area contributed by atoms with Gasteiger partial charge in [-0.3, -0.25) is 0 Å². The molecule has 2 heterocycles. The van der Waals surface area contributed by atoms with Crippen LogP contribution in [0, 0.1) is 0 Å². The highest BCUT2D eigenvalue weighted by Crippen LogP contribution is 2.34. The number of aromatic nitrogens is 4. The molecular formula is C10H11N5O. The topological polar surface area (TPSA) is 78.9 Å². The van der Waals surface area contributed by atoms with E-state index < -0.39 is 0 Å². The highest BCUT2D eigenvalue weighted by Gasteiger charge is 2.25. The molecule has 0 amide bonds. The average molecular weight is 217 g/mol. The first kappa shape index (κ1) is 9.14. The Morgan fingerprint density at radius 1 is 1.38 bits per heavy atom. The van der Waals surface area contributed by atoms with Gasteiger partial charge in [-0.2, -0.15) is 0 Å². The fourth-order valence-corrected chi connectivity index (χ4v) is 2.00.